The van der Waals surface area contributed by atoms with E-state index in [2.05, 4.69) is 12.2 Å². The van der Waals surface area contributed by atoms with Gasteiger partial charge < -0.3 is 5.32 Å². The molecule has 4 nitrogen and oxygen atoms in total. The Morgan fingerprint density at radius 3 is 2.33 bits per heavy atom. The molecule has 0 amide bonds. The van der Waals surface area contributed by atoms with Gasteiger partial charge >= 0.3 is 0 Å². The van der Waals surface area contributed by atoms with Crippen molar-refractivity contribution in [2.45, 2.75) is 46.0 Å². The molecule has 0 spiro atoms. The first-order valence-electron chi connectivity index (χ1n) is 6.90. The third-order valence-corrected chi connectivity index (χ3v) is 5.92. The highest BCUT2D eigenvalue weighted by Gasteiger charge is 2.36. The van der Waals surface area contributed by atoms with Crippen LogP contribution in [0.25, 0.3) is 0 Å². The van der Waals surface area contributed by atoms with Gasteiger partial charge in [0.1, 0.15) is 15.6 Å². The van der Waals surface area contributed by atoms with Crippen molar-refractivity contribution in [3.63, 3.8) is 0 Å². The van der Waals surface area contributed by atoms with Crippen molar-refractivity contribution < 1.29 is 13.2 Å². The van der Waals surface area contributed by atoms with Gasteiger partial charge in [0.05, 0.1) is 5.75 Å². The Labute approximate surface area is 110 Å². The summed E-state index contributed by atoms with van der Waals surface area (Å²) in [5.41, 5.74) is -0.193. The molecular formula is C13H25NO3S. The van der Waals surface area contributed by atoms with Crippen molar-refractivity contribution in [3.8, 4) is 0 Å². The van der Waals surface area contributed by atoms with Crippen LogP contribution in [0, 0.1) is 5.41 Å². The number of ketones is 1. The molecule has 0 aromatic rings. The maximum Gasteiger partial charge on any atom is 0.150 e. The van der Waals surface area contributed by atoms with Crippen LogP contribution in [-0.4, -0.2) is 38.8 Å². The van der Waals surface area contributed by atoms with E-state index in [1.54, 1.807) is 6.92 Å². The van der Waals surface area contributed by atoms with Gasteiger partial charge in [-0.25, -0.2) is 8.42 Å². The third-order valence-electron chi connectivity index (χ3n) is 4.13. The number of piperidine rings is 1. The van der Waals surface area contributed by atoms with Gasteiger partial charge in [-0.2, -0.15) is 0 Å². The molecule has 1 heterocycles. The highest BCUT2D eigenvalue weighted by molar-refractivity contribution is 7.91. The number of carbonyl (C=O) groups excluding carboxylic acids is 1. The highest BCUT2D eigenvalue weighted by Crippen LogP contribution is 2.34. The summed E-state index contributed by atoms with van der Waals surface area (Å²) >= 11 is 0. The molecule has 5 heteroatoms. The Hall–Kier alpha value is -0.420. The van der Waals surface area contributed by atoms with E-state index in [0.29, 0.717) is 12.8 Å². The minimum atomic E-state index is -2.94. The molecule has 0 aromatic heterocycles. The molecule has 1 aliphatic heterocycles. The van der Waals surface area contributed by atoms with Crippen LogP contribution in [0.2, 0.25) is 0 Å². The van der Waals surface area contributed by atoms with Gasteiger partial charge in [0, 0.05) is 17.6 Å². The van der Waals surface area contributed by atoms with E-state index in [9.17, 15) is 13.2 Å². The first-order valence-corrected chi connectivity index (χ1v) is 8.72. The molecule has 106 valence electrons. The molecule has 0 aromatic carbocycles. The lowest BCUT2D eigenvalue weighted by Crippen LogP contribution is -2.41. The van der Waals surface area contributed by atoms with Crippen molar-refractivity contribution in [2.24, 2.45) is 5.41 Å². The van der Waals surface area contributed by atoms with Crippen LogP contribution in [0.5, 0.6) is 0 Å². The van der Waals surface area contributed by atoms with Gasteiger partial charge in [0.2, 0.25) is 0 Å². The van der Waals surface area contributed by atoms with E-state index in [4.69, 9.17) is 0 Å². The molecule has 1 fully saturated rings. The summed E-state index contributed by atoms with van der Waals surface area (Å²) in [6.07, 6.45) is 3.54. The summed E-state index contributed by atoms with van der Waals surface area (Å²) in [6.45, 7) is 5.50. The summed E-state index contributed by atoms with van der Waals surface area (Å²) in [6, 6.07) is 0. The standard InChI is InChI=1S/C13H25NO3S/c1-3-13(7-9-14-10-8-13)12(15)6-5-11-18(16,17)4-2/h14H,3-11H2,1-2H3. The second-order valence-electron chi connectivity index (χ2n) is 5.15. The molecule has 1 saturated heterocycles. The molecular weight excluding hydrogens is 250 g/mol. The van der Waals surface area contributed by atoms with Crippen LogP contribution in [0.3, 0.4) is 0 Å². The Kier molecular flexibility index (Phi) is 5.79. The van der Waals surface area contributed by atoms with Crippen molar-refractivity contribution in [1.29, 1.82) is 0 Å². The smallest absolute Gasteiger partial charge is 0.150 e. The van der Waals surface area contributed by atoms with Crippen LogP contribution >= 0.6 is 0 Å². The number of Topliss-reactive ketones (excluding diaryl/α,β-unsaturated/α-hetero) is 1. The van der Waals surface area contributed by atoms with E-state index in [0.717, 1.165) is 32.4 Å². The summed E-state index contributed by atoms with van der Waals surface area (Å²) in [4.78, 5) is 12.3. The van der Waals surface area contributed by atoms with E-state index in [1.807, 2.05) is 0 Å². The molecule has 1 aliphatic rings. The second-order valence-corrected chi connectivity index (χ2v) is 7.62. The first-order chi connectivity index (χ1) is 8.46. The average molecular weight is 275 g/mol. The van der Waals surface area contributed by atoms with Crippen molar-refractivity contribution >= 4 is 15.6 Å². The maximum absolute atomic E-state index is 12.3. The normalized spacial score (nSPS) is 19.7. The second kappa shape index (κ2) is 6.66. The zero-order chi connectivity index (χ0) is 13.6. The lowest BCUT2D eigenvalue weighted by molar-refractivity contribution is -0.130. The van der Waals surface area contributed by atoms with Crippen LogP contribution in [0.4, 0.5) is 0 Å². The predicted molar refractivity (Wildman–Crippen MR) is 73.4 cm³/mol. The van der Waals surface area contributed by atoms with Crippen LogP contribution in [0.1, 0.15) is 46.0 Å². The van der Waals surface area contributed by atoms with Crippen LogP contribution in [0.15, 0.2) is 0 Å². The first kappa shape index (κ1) is 15.6. The Morgan fingerprint density at radius 2 is 1.83 bits per heavy atom. The maximum atomic E-state index is 12.3. The minimum Gasteiger partial charge on any atom is -0.317 e. The molecule has 0 atom stereocenters. The number of hydrogen-bond acceptors (Lipinski definition) is 4. The van der Waals surface area contributed by atoms with Crippen molar-refractivity contribution in [3.05, 3.63) is 0 Å². The number of sulfone groups is 1. The molecule has 1 N–H and O–H groups in total. The Morgan fingerprint density at radius 1 is 1.22 bits per heavy atom. The fraction of sp³-hybridized carbons (Fsp3) is 0.923. The number of nitrogens with one attached hydrogen (secondary N) is 1. The summed E-state index contributed by atoms with van der Waals surface area (Å²) in [5, 5.41) is 3.27. The highest BCUT2D eigenvalue weighted by atomic mass is 32.2. The summed E-state index contributed by atoms with van der Waals surface area (Å²) in [5.74, 6) is 0.579. The quantitative estimate of drug-likeness (QED) is 0.765. The van der Waals surface area contributed by atoms with Gasteiger partial charge in [-0.3, -0.25) is 4.79 Å². The molecule has 1 rings (SSSR count). The number of hydrogen-bond donors (Lipinski definition) is 1. The van der Waals surface area contributed by atoms with Gasteiger partial charge in [-0.05, 0) is 38.8 Å². The fourth-order valence-electron chi connectivity index (χ4n) is 2.60. The molecule has 0 saturated carbocycles. The Bertz CT molecular complexity index is 370. The minimum absolute atomic E-state index is 0.146. The number of carbonyl (C=O) groups is 1. The lowest BCUT2D eigenvalue weighted by atomic mass is 9.72. The monoisotopic (exact) mass is 275 g/mol. The summed E-state index contributed by atoms with van der Waals surface area (Å²) < 4.78 is 22.8. The number of rotatable bonds is 7. The van der Waals surface area contributed by atoms with Gasteiger partial charge in [0.15, 0.2) is 0 Å². The van der Waals surface area contributed by atoms with Crippen molar-refractivity contribution in [2.75, 3.05) is 24.6 Å². The zero-order valence-corrected chi connectivity index (χ0v) is 12.3. The van der Waals surface area contributed by atoms with E-state index >= 15 is 0 Å². The van der Waals surface area contributed by atoms with E-state index < -0.39 is 9.84 Å². The molecule has 18 heavy (non-hydrogen) atoms. The van der Waals surface area contributed by atoms with Crippen molar-refractivity contribution in [1.82, 2.24) is 5.32 Å². The SMILES string of the molecule is CCC1(C(=O)CCCS(=O)(=O)CC)CCNCC1. The largest absolute Gasteiger partial charge is 0.317 e. The zero-order valence-electron chi connectivity index (χ0n) is 11.5. The lowest BCUT2D eigenvalue weighted by Gasteiger charge is -2.35. The Balaban J connectivity index is 2.48. The average Bonchev–Trinajstić information content (AvgIpc) is 2.39. The van der Waals surface area contributed by atoms with Gasteiger partial charge in [-0.15, -0.1) is 0 Å². The fourth-order valence-corrected chi connectivity index (χ4v) is 3.47. The van der Waals surface area contributed by atoms with Crippen LogP contribution < -0.4 is 5.32 Å². The molecule has 0 bridgehead atoms. The summed E-state index contributed by atoms with van der Waals surface area (Å²) in [7, 11) is -2.94. The predicted octanol–water partition coefficient (Wildman–Crippen LogP) is 1.55. The molecule has 0 aliphatic carbocycles. The molecule has 0 unspecified atom stereocenters. The van der Waals surface area contributed by atoms with Crippen LogP contribution in [-0.2, 0) is 14.6 Å². The molecule has 0 radical (unpaired) electrons. The van der Waals surface area contributed by atoms with E-state index in [1.165, 1.54) is 0 Å². The van der Waals surface area contributed by atoms with Gasteiger partial charge in [0.25, 0.3) is 0 Å². The van der Waals surface area contributed by atoms with Gasteiger partial charge in [-0.1, -0.05) is 13.8 Å². The topological polar surface area (TPSA) is 63.2 Å². The third kappa shape index (κ3) is 4.05. The van der Waals surface area contributed by atoms with E-state index in [-0.39, 0.29) is 22.7 Å².